The van der Waals surface area contributed by atoms with Gasteiger partial charge >= 0.3 is 12.4 Å². The maximum atomic E-state index is 12.3. The molecule has 0 aromatic heterocycles. The molecule has 15 heavy (non-hydrogen) atoms. The molecule has 84 valence electrons. The van der Waals surface area contributed by atoms with Crippen LogP contribution in [0, 0.1) is 0 Å². The molecule has 0 spiro atoms. The van der Waals surface area contributed by atoms with Crippen molar-refractivity contribution in [2.45, 2.75) is 12.4 Å². The molecule has 0 aliphatic heterocycles. The van der Waals surface area contributed by atoms with E-state index in [4.69, 9.17) is 11.6 Å². The van der Waals surface area contributed by atoms with Gasteiger partial charge in [-0.15, -0.1) is 0 Å². The molecule has 0 aliphatic carbocycles. The first-order valence-corrected chi connectivity index (χ1v) is 3.94. The molecular weight excluding hydrogens is 246 g/mol. The topological polar surface area (TPSA) is 0 Å². The summed E-state index contributed by atoms with van der Waals surface area (Å²) in [6, 6.07) is 1.93. The van der Waals surface area contributed by atoms with Crippen LogP contribution in [0.25, 0.3) is 0 Å². The van der Waals surface area contributed by atoms with Gasteiger partial charge in [-0.3, -0.25) is 0 Å². The van der Waals surface area contributed by atoms with E-state index in [0.29, 0.717) is 6.07 Å². The average Bonchev–Trinajstić information content (AvgIpc) is 1.99. The maximum absolute atomic E-state index is 12.3. The van der Waals surface area contributed by atoms with Crippen LogP contribution in [0.3, 0.4) is 0 Å². The van der Waals surface area contributed by atoms with Gasteiger partial charge < -0.3 is 0 Å². The monoisotopic (exact) mass is 248 g/mol. The summed E-state index contributed by atoms with van der Waals surface area (Å²) in [4.78, 5) is 0. The Bertz CT molecular complexity index is 364. The third-order valence-electron chi connectivity index (χ3n) is 1.60. The van der Waals surface area contributed by atoms with Gasteiger partial charge in [0.15, 0.2) is 0 Å². The summed E-state index contributed by atoms with van der Waals surface area (Å²) in [5.74, 6) is 0. The fourth-order valence-corrected chi connectivity index (χ4v) is 1.33. The summed E-state index contributed by atoms with van der Waals surface area (Å²) in [6.07, 6.45) is -10.2. The molecule has 0 aliphatic rings. The van der Waals surface area contributed by atoms with Gasteiger partial charge in [-0.2, -0.15) is 26.3 Å². The van der Waals surface area contributed by atoms with Gasteiger partial charge in [-0.1, -0.05) is 17.7 Å². The second-order valence-electron chi connectivity index (χ2n) is 2.66. The molecule has 0 atom stereocenters. The predicted molar refractivity (Wildman–Crippen MR) is 41.5 cm³/mol. The SMILES string of the molecule is FC(F)(F)c1cccc(Cl)c1C(F)(F)F. The van der Waals surface area contributed by atoms with Crippen molar-refractivity contribution < 1.29 is 26.3 Å². The molecule has 0 saturated heterocycles. The zero-order valence-electron chi connectivity index (χ0n) is 6.88. The Morgan fingerprint density at radius 3 is 1.73 bits per heavy atom. The minimum absolute atomic E-state index is 0.342. The van der Waals surface area contributed by atoms with Gasteiger partial charge in [0.05, 0.1) is 16.1 Å². The number of halogens is 7. The molecule has 1 aromatic carbocycles. The first-order chi connectivity index (χ1) is 6.64. The Kier molecular flexibility index (Phi) is 2.91. The summed E-state index contributed by atoms with van der Waals surface area (Å²) in [6.45, 7) is 0. The largest absolute Gasteiger partial charge is 0.418 e. The third kappa shape index (κ3) is 2.56. The number of hydrogen-bond donors (Lipinski definition) is 0. The maximum Gasteiger partial charge on any atom is 0.418 e. The molecule has 1 aromatic rings. The predicted octanol–water partition coefficient (Wildman–Crippen LogP) is 4.38. The first kappa shape index (κ1) is 12.2. The summed E-state index contributed by atoms with van der Waals surface area (Å²) < 4.78 is 73.4. The fourth-order valence-electron chi connectivity index (χ4n) is 1.05. The summed E-state index contributed by atoms with van der Waals surface area (Å²) in [5, 5.41) is -0.961. The lowest BCUT2D eigenvalue weighted by Crippen LogP contribution is -2.16. The molecule has 0 N–H and O–H groups in total. The summed E-state index contributed by atoms with van der Waals surface area (Å²) >= 11 is 5.10. The van der Waals surface area contributed by atoms with E-state index in [1.165, 1.54) is 0 Å². The smallest absolute Gasteiger partial charge is 0.166 e. The van der Waals surface area contributed by atoms with Crippen LogP contribution in [-0.2, 0) is 12.4 Å². The second-order valence-corrected chi connectivity index (χ2v) is 3.07. The van der Waals surface area contributed by atoms with Gasteiger partial charge in [-0.25, -0.2) is 0 Å². The lowest BCUT2D eigenvalue weighted by atomic mass is 10.1. The minimum Gasteiger partial charge on any atom is -0.166 e. The van der Waals surface area contributed by atoms with E-state index in [0.717, 1.165) is 12.1 Å². The van der Waals surface area contributed by atoms with Gasteiger partial charge in [0.2, 0.25) is 0 Å². The van der Waals surface area contributed by atoms with Crippen molar-refractivity contribution in [2.24, 2.45) is 0 Å². The highest BCUT2D eigenvalue weighted by Gasteiger charge is 2.44. The molecule has 0 nitrogen and oxygen atoms in total. The number of rotatable bonds is 0. The van der Waals surface area contributed by atoms with Crippen LogP contribution in [0.5, 0.6) is 0 Å². The Hall–Kier alpha value is -0.910. The van der Waals surface area contributed by atoms with Gasteiger partial charge in [0.1, 0.15) is 0 Å². The quantitative estimate of drug-likeness (QED) is 0.598. The summed E-state index contributed by atoms with van der Waals surface area (Å²) in [7, 11) is 0. The van der Waals surface area contributed by atoms with Crippen molar-refractivity contribution in [1.82, 2.24) is 0 Å². The normalized spacial score (nSPS) is 13.0. The molecule has 0 radical (unpaired) electrons. The van der Waals surface area contributed by atoms with E-state index in [1.54, 1.807) is 0 Å². The Balaban J connectivity index is 3.48. The molecule has 0 fully saturated rings. The van der Waals surface area contributed by atoms with E-state index >= 15 is 0 Å². The van der Waals surface area contributed by atoms with Crippen molar-refractivity contribution in [3.63, 3.8) is 0 Å². The van der Waals surface area contributed by atoms with E-state index in [9.17, 15) is 26.3 Å². The van der Waals surface area contributed by atoms with E-state index < -0.39 is 28.5 Å². The highest BCUT2D eigenvalue weighted by molar-refractivity contribution is 6.31. The molecule has 0 bridgehead atoms. The van der Waals surface area contributed by atoms with Crippen molar-refractivity contribution in [1.29, 1.82) is 0 Å². The van der Waals surface area contributed by atoms with E-state index in [1.807, 2.05) is 0 Å². The molecule has 0 amide bonds. The molecule has 0 unspecified atom stereocenters. The van der Waals surface area contributed by atoms with Crippen molar-refractivity contribution >= 4 is 11.6 Å². The molecule has 0 heterocycles. The number of hydrogen-bond acceptors (Lipinski definition) is 0. The molecule has 0 saturated carbocycles. The Labute approximate surface area is 85.5 Å². The summed E-state index contributed by atoms with van der Waals surface area (Å²) in [5.41, 5.74) is -3.62. The van der Waals surface area contributed by atoms with Crippen LogP contribution >= 0.6 is 11.6 Å². The van der Waals surface area contributed by atoms with Crippen molar-refractivity contribution in [2.75, 3.05) is 0 Å². The second kappa shape index (κ2) is 3.59. The van der Waals surface area contributed by atoms with Crippen LogP contribution in [0.15, 0.2) is 18.2 Å². The lowest BCUT2D eigenvalue weighted by Gasteiger charge is -2.16. The Morgan fingerprint density at radius 1 is 0.867 bits per heavy atom. The van der Waals surface area contributed by atoms with Crippen LogP contribution in [0.2, 0.25) is 5.02 Å². The molecular formula is C8H3ClF6. The van der Waals surface area contributed by atoms with Crippen molar-refractivity contribution in [3.05, 3.63) is 34.3 Å². The van der Waals surface area contributed by atoms with Crippen LogP contribution in [0.1, 0.15) is 11.1 Å². The van der Waals surface area contributed by atoms with Gasteiger partial charge in [0, 0.05) is 0 Å². The van der Waals surface area contributed by atoms with Crippen LogP contribution in [-0.4, -0.2) is 0 Å². The lowest BCUT2D eigenvalue weighted by molar-refractivity contribution is -0.162. The van der Waals surface area contributed by atoms with Gasteiger partial charge in [0.25, 0.3) is 0 Å². The Morgan fingerprint density at radius 2 is 1.40 bits per heavy atom. The highest BCUT2D eigenvalue weighted by Crippen LogP contribution is 2.43. The number of alkyl halides is 6. The fraction of sp³-hybridized carbons (Fsp3) is 0.250. The average molecular weight is 249 g/mol. The molecule has 7 heteroatoms. The van der Waals surface area contributed by atoms with Gasteiger partial charge in [-0.05, 0) is 12.1 Å². The highest BCUT2D eigenvalue weighted by atomic mass is 35.5. The van der Waals surface area contributed by atoms with Crippen molar-refractivity contribution in [3.8, 4) is 0 Å². The van der Waals surface area contributed by atoms with E-state index in [-0.39, 0.29) is 0 Å². The standard InChI is InChI=1S/C8H3ClF6/c9-5-3-1-2-4(7(10,11)12)6(5)8(13,14)15/h1-3H. The zero-order chi connectivity index (χ0) is 11.9. The minimum atomic E-state index is -5.12. The zero-order valence-corrected chi connectivity index (χ0v) is 7.63. The number of benzene rings is 1. The third-order valence-corrected chi connectivity index (χ3v) is 1.92. The van der Waals surface area contributed by atoms with E-state index in [2.05, 4.69) is 0 Å². The van der Waals surface area contributed by atoms with Crippen LogP contribution < -0.4 is 0 Å². The van der Waals surface area contributed by atoms with Crippen LogP contribution in [0.4, 0.5) is 26.3 Å². The first-order valence-electron chi connectivity index (χ1n) is 3.57. The molecule has 1 rings (SSSR count).